The number of aliphatic hydroxyl groups is 2. The Morgan fingerprint density at radius 2 is 2.12 bits per heavy atom. The Kier molecular flexibility index (Phi) is 5.58. The second-order valence-electron chi connectivity index (χ2n) is 6.37. The molecule has 1 saturated heterocycles. The minimum atomic E-state index is -1.17. The summed E-state index contributed by atoms with van der Waals surface area (Å²) in [5.74, 6) is 5.18. The van der Waals surface area contributed by atoms with Gasteiger partial charge >= 0.3 is 5.69 Å². The van der Waals surface area contributed by atoms with Gasteiger partial charge in [-0.25, -0.2) is 10.7 Å². The quantitative estimate of drug-likeness (QED) is 0.439. The summed E-state index contributed by atoms with van der Waals surface area (Å²) in [5.41, 5.74) is -1.74. The zero-order valence-corrected chi connectivity index (χ0v) is 13.8. The Morgan fingerprint density at radius 3 is 2.71 bits per heavy atom. The summed E-state index contributed by atoms with van der Waals surface area (Å²) in [6.45, 7) is 4.46. The number of H-pyrrole nitrogens is 1. The minimum absolute atomic E-state index is 0.0142. The molecule has 2 heterocycles. The largest absolute Gasteiger partial charge is 0.394 e. The van der Waals surface area contributed by atoms with Gasteiger partial charge in [-0.2, -0.15) is 0 Å². The number of aryl methyl sites for hydroxylation is 1. The number of hydrogen-bond donors (Lipinski definition) is 4. The molecule has 24 heavy (non-hydrogen) atoms. The van der Waals surface area contributed by atoms with E-state index >= 15 is 0 Å². The van der Waals surface area contributed by atoms with Crippen molar-refractivity contribution in [3.05, 3.63) is 32.6 Å². The molecule has 1 fully saturated rings. The molecule has 4 atom stereocenters. The molecular formula is C14H23N3O7. The van der Waals surface area contributed by atoms with Gasteiger partial charge in [-0.15, -0.1) is 0 Å². The molecule has 1 aromatic heterocycles. The number of ether oxygens (including phenoxy) is 2. The first-order valence-electron chi connectivity index (χ1n) is 7.46. The molecule has 10 nitrogen and oxygen atoms in total. The Hall–Kier alpha value is -1.56. The maximum atomic E-state index is 12.1. The lowest BCUT2D eigenvalue weighted by Crippen LogP contribution is -2.43. The van der Waals surface area contributed by atoms with Crippen molar-refractivity contribution in [1.82, 2.24) is 9.55 Å². The molecule has 0 aliphatic carbocycles. The first-order chi connectivity index (χ1) is 11.2. The van der Waals surface area contributed by atoms with Crippen LogP contribution in [-0.4, -0.2) is 56.9 Å². The zero-order valence-electron chi connectivity index (χ0n) is 13.8. The van der Waals surface area contributed by atoms with E-state index in [9.17, 15) is 19.8 Å². The van der Waals surface area contributed by atoms with Crippen molar-refractivity contribution in [2.45, 2.75) is 50.9 Å². The standard InChI is InChI=1S/C14H23N3O7/c1-7-4-17(13(21)16-11(7)20)12-10(9(19)8(5-18)23-12)22-6-14(2,3)24-15/h4,8-10,12,18-19H,5-6,15H2,1-3H3,(H,16,20,21)/t8-,9?,10?,12-/m0/s1. The molecule has 10 heteroatoms. The van der Waals surface area contributed by atoms with Gasteiger partial charge in [-0.3, -0.25) is 19.2 Å². The second-order valence-corrected chi connectivity index (χ2v) is 6.37. The Balaban J connectivity index is 2.33. The number of aromatic amines is 1. The van der Waals surface area contributed by atoms with Crippen LogP contribution in [0, 0.1) is 6.92 Å². The number of aliphatic hydroxyl groups excluding tert-OH is 2. The van der Waals surface area contributed by atoms with Crippen LogP contribution in [0.2, 0.25) is 0 Å². The number of aromatic nitrogens is 2. The van der Waals surface area contributed by atoms with Crippen molar-refractivity contribution in [2.75, 3.05) is 13.2 Å². The van der Waals surface area contributed by atoms with E-state index in [1.165, 1.54) is 13.1 Å². The van der Waals surface area contributed by atoms with Crippen molar-refractivity contribution < 1.29 is 24.5 Å². The predicted octanol–water partition coefficient (Wildman–Crippen LogP) is -1.85. The van der Waals surface area contributed by atoms with Crippen molar-refractivity contribution in [3.8, 4) is 0 Å². The molecule has 5 N–H and O–H groups in total. The maximum Gasteiger partial charge on any atom is 0.330 e. The number of rotatable bonds is 6. The number of nitrogens with one attached hydrogen (secondary N) is 1. The van der Waals surface area contributed by atoms with Gasteiger partial charge in [-0.05, 0) is 20.8 Å². The molecule has 1 aromatic rings. The monoisotopic (exact) mass is 345 g/mol. The Morgan fingerprint density at radius 1 is 1.46 bits per heavy atom. The number of hydrogen-bond acceptors (Lipinski definition) is 8. The van der Waals surface area contributed by atoms with Gasteiger partial charge in [0, 0.05) is 11.8 Å². The van der Waals surface area contributed by atoms with E-state index in [1.54, 1.807) is 13.8 Å². The number of nitrogens with zero attached hydrogens (tertiary/aromatic N) is 1. The van der Waals surface area contributed by atoms with Gasteiger partial charge in [0.05, 0.1) is 13.2 Å². The van der Waals surface area contributed by atoms with Crippen LogP contribution in [-0.2, 0) is 14.3 Å². The van der Waals surface area contributed by atoms with Gasteiger partial charge in [0.2, 0.25) is 0 Å². The van der Waals surface area contributed by atoms with E-state index in [0.29, 0.717) is 5.56 Å². The van der Waals surface area contributed by atoms with E-state index in [-0.39, 0.29) is 6.61 Å². The van der Waals surface area contributed by atoms with E-state index in [4.69, 9.17) is 20.2 Å². The molecule has 2 unspecified atom stereocenters. The molecule has 0 saturated carbocycles. The van der Waals surface area contributed by atoms with Crippen LogP contribution < -0.4 is 17.1 Å². The van der Waals surface area contributed by atoms with Crippen LogP contribution >= 0.6 is 0 Å². The fraction of sp³-hybridized carbons (Fsp3) is 0.714. The lowest BCUT2D eigenvalue weighted by molar-refractivity contribution is -0.132. The van der Waals surface area contributed by atoms with Gasteiger partial charge in [0.25, 0.3) is 5.56 Å². The van der Waals surface area contributed by atoms with Crippen LogP contribution in [0.1, 0.15) is 25.6 Å². The second kappa shape index (κ2) is 7.13. The molecule has 0 aromatic carbocycles. The Bertz CT molecular complexity index is 684. The SMILES string of the molecule is Cc1cn([C@H]2O[C@@H](CO)C(O)C2OCC(C)(C)ON)c(=O)[nH]c1=O. The summed E-state index contributed by atoms with van der Waals surface area (Å²) >= 11 is 0. The normalized spacial score (nSPS) is 27.6. The average Bonchev–Trinajstić information content (AvgIpc) is 2.85. The molecule has 1 aliphatic heterocycles. The van der Waals surface area contributed by atoms with Crippen molar-refractivity contribution in [2.24, 2.45) is 5.90 Å². The third-order valence-electron chi connectivity index (χ3n) is 3.86. The van der Waals surface area contributed by atoms with Crippen LogP contribution in [0.5, 0.6) is 0 Å². The number of nitrogens with two attached hydrogens (primary N) is 1. The Labute approximate surface area is 137 Å². The zero-order chi connectivity index (χ0) is 18.1. The first-order valence-corrected chi connectivity index (χ1v) is 7.46. The summed E-state index contributed by atoms with van der Waals surface area (Å²) in [6, 6.07) is 0. The molecule has 136 valence electrons. The summed E-state index contributed by atoms with van der Waals surface area (Å²) < 4.78 is 12.3. The lowest BCUT2D eigenvalue weighted by Gasteiger charge is -2.27. The van der Waals surface area contributed by atoms with Crippen LogP contribution in [0.25, 0.3) is 0 Å². The average molecular weight is 345 g/mol. The highest BCUT2D eigenvalue weighted by atomic mass is 16.7. The summed E-state index contributed by atoms with van der Waals surface area (Å²) in [4.78, 5) is 30.5. The van der Waals surface area contributed by atoms with Gasteiger partial charge in [0.15, 0.2) is 6.23 Å². The minimum Gasteiger partial charge on any atom is -0.394 e. The molecule has 0 radical (unpaired) electrons. The summed E-state index contributed by atoms with van der Waals surface area (Å²) in [5, 5.41) is 19.6. The van der Waals surface area contributed by atoms with Crippen molar-refractivity contribution >= 4 is 0 Å². The molecule has 0 bridgehead atoms. The molecular weight excluding hydrogens is 322 g/mol. The topological polar surface area (TPSA) is 149 Å². The fourth-order valence-electron chi connectivity index (χ4n) is 2.38. The highest BCUT2D eigenvalue weighted by Crippen LogP contribution is 2.31. The van der Waals surface area contributed by atoms with Crippen LogP contribution in [0.15, 0.2) is 15.8 Å². The van der Waals surface area contributed by atoms with Crippen LogP contribution in [0.4, 0.5) is 0 Å². The third kappa shape index (κ3) is 3.74. The van der Waals surface area contributed by atoms with Crippen LogP contribution in [0.3, 0.4) is 0 Å². The smallest absolute Gasteiger partial charge is 0.330 e. The first kappa shape index (κ1) is 18.8. The van der Waals surface area contributed by atoms with Crippen molar-refractivity contribution in [1.29, 1.82) is 0 Å². The van der Waals surface area contributed by atoms with Gasteiger partial charge in [0.1, 0.15) is 23.9 Å². The van der Waals surface area contributed by atoms with E-state index in [1.807, 2.05) is 0 Å². The molecule has 1 aliphatic rings. The third-order valence-corrected chi connectivity index (χ3v) is 3.86. The predicted molar refractivity (Wildman–Crippen MR) is 82.2 cm³/mol. The van der Waals surface area contributed by atoms with Gasteiger partial charge in [-0.1, -0.05) is 0 Å². The fourth-order valence-corrected chi connectivity index (χ4v) is 2.38. The van der Waals surface area contributed by atoms with E-state index < -0.39 is 48.0 Å². The highest BCUT2D eigenvalue weighted by molar-refractivity contribution is 5.03. The van der Waals surface area contributed by atoms with E-state index in [0.717, 1.165) is 4.57 Å². The highest BCUT2D eigenvalue weighted by Gasteiger charge is 2.46. The molecule has 0 amide bonds. The van der Waals surface area contributed by atoms with E-state index in [2.05, 4.69) is 4.98 Å². The summed E-state index contributed by atoms with van der Waals surface area (Å²) in [6.07, 6.45) is -2.76. The summed E-state index contributed by atoms with van der Waals surface area (Å²) in [7, 11) is 0. The molecule has 2 rings (SSSR count). The maximum absolute atomic E-state index is 12.1. The molecule has 0 spiro atoms. The lowest BCUT2D eigenvalue weighted by atomic mass is 10.1. The van der Waals surface area contributed by atoms with Crippen molar-refractivity contribution in [3.63, 3.8) is 0 Å². The van der Waals surface area contributed by atoms with Gasteiger partial charge < -0.3 is 19.7 Å².